The molecule has 48 nitrogen and oxygen atoms in total. The van der Waals surface area contributed by atoms with E-state index in [9.17, 15) is 117 Å². The van der Waals surface area contributed by atoms with E-state index in [4.69, 9.17) is 32.8 Å². The number of nitrogens with one attached hydrogen (secondary N) is 18. The highest BCUT2D eigenvalue weighted by atomic mass is 33.1. The SMILES string of the molecule is C/C(=N\O)C(C)(C)NCCC(CCNC(=O)CCCC(=O)NCCOCCOCCNC(=O)CNC(=O)[C@@H]1CSCC(=O)N[C@@H](CCCCNC(=S)Nc2cc(S(=O)(=O)O)c3ccc4c(S(=O)(=O)O)cc(S(=O)(=O)O)c5ccc2c3c54)C(=O)N[C@H]2CSSC[C@H](NC(=O)[C@H](CC(=O)O)NC(=O)CNC(=O)[C@H](CCCNC(=N)N)NC2=O)C(=O)N[C@@H](Cc2ccccc2)C(=O)N1)CCNC(C)(C)/C(C)=N/O. The number of rotatable bonds is 46. The molecule has 140 heavy (non-hydrogen) atoms. The number of ether oxygens (including phenoxy) is 2. The number of amides is 12. The summed E-state index contributed by atoms with van der Waals surface area (Å²) in [4.78, 5) is 179. The zero-order valence-electron chi connectivity index (χ0n) is 77.8. The number of unbranched alkanes of at least 4 members (excludes halogenated alkanes) is 1. The summed E-state index contributed by atoms with van der Waals surface area (Å²) in [5.74, 6) is -14.3. The van der Waals surface area contributed by atoms with Crippen molar-refractivity contribution >= 4 is 213 Å². The fourth-order valence-corrected chi connectivity index (χ4v) is 20.1. The monoisotopic (exact) mass is 2090 g/mol. The van der Waals surface area contributed by atoms with Crippen LogP contribution in [0.5, 0.6) is 0 Å². The van der Waals surface area contributed by atoms with Gasteiger partial charge in [-0.25, -0.2) is 0 Å². The summed E-state index contributed by atoms with van der Waals surface area (Å²) >= 11 is 6.38. The number of nitrogens with zero attached hydrogens (tertiary/aromatic N) is 2. The minimum atomic E-state index is -5.25. The van der Waals surface area contributed by atoms with Gasteiger partial charge in [0.1, 0.15) is 57.0 Å². The first kappa shape index (κ1) is 116. The summed E-state index contributed by atoms with van der Waals surface area (Å²) in [6.45, 7) is 11.4. The van der Waals surface area contributed by atoms with Crippen molar-refractivity contribution in [2.45, 2.75) is 193 Å². The highest BCUT2D eigenvalue weighted by Crippen LogP contribution is 2.45. The molecule has 7 atom stereocenters. The quantitative estimate of drug-likeness (QED) is 0.00264. The lowest BCUT2D eigenvalue weighted by Crippen LogP contribution is -2.60. The van der Waals surface area contributed by atoms with Crippen LogP contribution in [0.1, 0.15) is 124 Å². The normalized spacial score (nSPS) is 19.0. The van der Waals surface area contributed by atoms with E-state index >= 15 is 0 Å². The number of thioether (sulfide) groups is 1. The number of hydrogen-bond donors (Lipinski definition) is 25. The lowest BCUT2D eigenvalue weighted by molar-refractivity contribution is -0.141. The number of hydrogen-bond acceptors (Lipinski definition) is 32. The molecule has 7 rings (SSSR count). The van der Waals surface area contributed by atoms with Crippen LogP contribution in [0.2, 0.25) is 0 Å². The third kappa shape index (κ3) is 38.0. The van der Waals surface area contributed by atoms with Crippen molar-refractivity contribution in [3.63, 3.8) is 0 Å². The molecule has 26 N–H and O–H groups in total. The Balaban J connectivity index is 1.03. The van der Waals surface area contributed by atoms with Crippen LogP contribution in [0.25, 0.3) is 32.3 Å². The van der Waals surface area contributed by atoms with Gasteiger partial charge in [0.05, 0.1) is 74.2 Å². The topological polar surface area (TPSA) is 743 Å². The van der Waals surface area contributed by atoms with Gasteiger partial charge in [-0.15, -0.1) is 11.8 Å². The number of carbonyl (C=O) groups is 13. The summed E-state index contributed by atoms with van der Waals surface area (Å²) in [5, 5.41) is 87.4. The number of carboxylic acids is 1. The standard InChI is InChI=1S/C85H123N21O27S7/c1-48(105-121)84(3,4)95-30-25-50(26-31-96-85(5,6)49(2)106-122)24-29-88-67(107)18-12-19-68(108)89-32-34-132-36-37-133-35-33-90-69(109)42-93-76(115)61-44-135-47-71(111)97-57(16-10-11-27-92-83(134)104-58-39-64(138(123,124)125)53-22-23-55-66(140(129,130)131)41-65(139(126,127)128)54-21-20-52(58)73(53)74(54)55)77(116)102-62-45-136-137-46-63(81(120)100-59(78(117)101-61)38-51-14-8-7-9-15-51)103-79(118)60(40-72(112)113)98-70(110)43-94-75(114)56(99-80(62)119)17-13-28-91-82(86)87/h7-9,14-15,20-23,39,41,50,56-57,59-63,95-96,121-122H,10-13,16-19,24-38,40,42-47H2,1-6H3,(H,88,107)(H,89,108)(H,90,109)(H,93,115)(H,94,114)(H,97,111)(H,98,110)(H,99,119)(H,100,120)(H,101,117)(H,102,116)(H,103,118)(H,112,113)(H4,86,87,91)(H2,92,104,134)(H,123,124,125)(H,126,127,128)(H,129,130,131)/b105-48+,106-49+/t56-,57-,59-,60-,61-,62-,63-/m0/s1. The molecule has 772 valence electrons. The number of thiocarbonyl (C=S) groups is 1. The highest BCUT2D eigenvalue weighted by Gasteiger charge is 2.38. The second-order valence-corrected chi connectivity index (χ2v) is 42.0. The van der Waals surface area contributed by atoms with Gasteiger partial charge in [-0.05, 0) is 148 Å². The van der Waals surface area contributed by atoms with Crippen LogP contribution in [0.3, 0.4) is 0 Å². The van der Waals surface area contributed by atoms with Gasteiger partial charge in [0, 0.05) is 107 Å². The van der Waals surface area contributed by atoms with Crippen LogP contribution in [-0.4, -0.2) is 315 Å². The maximum absolute atomic E-state index is 15.0. The van der Waals surface area contributed by atoms with Gasteiger partial charge in [0.15, 0.2) is 11.1 Å². The van der Waals surface area contributed by atoms with E-state index in [2.05, 4.69) is 101 Å². The van der Waals surface area contributed by atoms with Gasteiger partial charge in [0.25, 0.3) is 30.4 Å². The molecule has 12 amide bonds. The zero-order valence-corrected chi connectivity index (χ0v) is 83.5. The highest BCUT2D eigenvalue weighted by molar-refractivity contribution is 8.76. The van der Waals surface area contributed by atoms with Gasteiger partial charge in [0.2, 0.25) is 70.9 Å². The molecule has 2 aliphatic heterocycles. The second-order valence-electron chi connectivity index (χ2n) is 33.8. The average Bonchev–Trinajstić information content (AvgIpc) is 0.704. The van der Waals surface area contributed by atoms with Gasteiger partial charge in [-0.1, -0.05) is 86.5 Å². The molecule has 0 radical (unpaired) electrons. The van der Waals surface area contributed by atoms with Crippen molar-refractivity contribution in [1.29, 1.82) is 5.41 Å². The van der Waals surface area contributed by atoms with Crippen LogP contribution in [0, 0.1) is 11.3 Å². The van der Waals surface area contributed by atoms with Crippen molar-refractivity contribution < 1.29 is 126 Å². The Hall–Kier alpha value is -11.2. The summed E-state index contributed by atoms with van der Waals surface area (Å²) in [6.07, 6.45) is 1.01. The van der Waals surface area contributed by atoms with E-state index in [-0.39, 0.29) is 165 Å². The van der Waals surface area contributed by atoms with Gasteiger partial charge in [-0.2, -0.15) is 25.3 Å². The number of nitrogens with two attached hydrogens (primary N) is 1. The van der Waals surface area contributed by atoms with Gasteiger partial charge < -0.3 is 121 Å². The van der Waals surface area contributed by atoms with Crippen molar-refractivity contribution in [2.75, 3.05) is 114 Å². The third-order valence-electron chi connectivity index (χ3n) is 22.6. The first-order chi connectivity index (χ1) is 66.1. The Morgan fingerprint density at radius 3 is 1.55 bits per heavy atom. The van der Waals surface area contributed by atoms with Crippen LogP contribution in [0.15, 0.2) is 91.7 Å². The molecule has 2 heterocycles. The Bertz CT molecular complexity index is 5580. The lowest BCUT2D eigenvalue weighted by atomic mass is 9.93. The van der Waals surface area contributed by atoms with E-state index in [1.54, 1.807) is 44.2 Å². The number of guanidine groups is 1. The molecule has 0 saturated carbocycles. The third-order valence-corrected chi connectivity index (χ3v) is 29.0. The number of aliphatic carboxylic acids is 1. The van der Waals surface area contributed by atoms with Crippen LogP contribution < -0.4 is 96.1 Å². The maximum Gasteiger partial charge on any atom is 0.305 e. The smallest absolute Gasteiger partial charge is 0.305 e. The summed E-state index contributed by atoms with van der Waals surface area (Å²) < 4.78 is 119. The fourth-order valence-electron chi connectivity index (χ4n) is 14.5. The minimum absolute atomic E-state index is 0.0123. The molecule has 55 heteroatoms. The van der Waals surface area contributed by atoms with E-state index in [0.29, 0.717) is 55.5 Å². The zero-order chi connectivity index (χ0) is 103. The maximum atomic E-state index is 15.0. The molecule has 2 saturated heterocycles. The molecule has 0 aliphatic carbocycles. The van der Waals surface area contributed by atoms with Crippen LogP contribution in [-0.2, 0) is 109 Å². The predicted octanol–water partition coefficient (Wildman–Crippen LogP) is -0.696. The minimum Gasteiger partial charge on any atom is -0.481 e. The molecule has 0 aromatic heterocycles. The van der Waals surface area contributed by atoms with Gasteiger partial charge in [-0.3, -0.25) is 81.4 Å². The molecule has 5 aromatic carbocycles. The number of fused-ring (bicyclic) bond motifs is 5. The van der Waals surface area contributed by atoms with Crippen LogP contribution in [0.4, 0.5) is 5.69 Å². The van der Waals surface area contributed by atoms with Crippen molar-refractivity contribution in [3.05, 3.63) is 72.3 Å². The molecule has 0 unspecified atom stereocenters. The number of carboxylic acid groups (broad SMARTS) is 1. The van der Waals surface area contributed by atoms with E-state index in [1.807, 2.05) is 27.7 Å². The first-order valence-corrected chi connectivity index (χ1v) is 52.9. The Kier molecular flexibility index (Phi) is 46.2. The number of benzene rings is 5. The molecular formula is C85H123N21O27S7. The molecule has 5 aromatic rings. The molecular weight excluding hydrogens is 1970 g/mol. The number of oxime groups is 2. The Labute approximate surface area is 825 Å². The summed E-state index contributed by atoms with van der Waals surface area (Å²) in [7, 11) is -14.0. The van der Waals surface area contributed by atoms with Gasteiger partial charge >= 0.3 is 5.97 Å². The van der Waals surface area contributed by atoms with E-state index < -0.39 is 212 Å². The Morgan fingerprint density at radius 1 is 0.529 bits per heavy atom. The largest absolute Gasteiger partial charge is 0.481 e. The Morgan fingerprint density at radius 2 is 1.01 bits per heavy atom. The van der Waals surface area contributed by atoms with Crippen molar-refractivity contribution in [2.24, 2.45) is 22.0 Å². The summed E-state index contributed by atoms with van der Waals surface area (Å²) in [5.41, 5.74) is 5.76. The molecule has 0 spiro atoms. The summed E-state index contributed by atoms with van der Waals surface area (Å²) in [6, 6.07) is 2.61. The number of carbonyl (C=O) groups excluding carboxylic acids is 12. The lowest BCUT2D eigenvalue weighted by Gasteiger charge is -2.28. The van der Waals surface area contributed by atoms with Crippen molar-refractivity contribution in [3.8, 4) is 0 Å². The predicted molar refractivity (Wildman–Crippen MR) is 527 cm³/mol. The van der Waals surface area contributed by atoms with Crippen LogP contribution >= 0.6 is 45.6 Å². The first-order valence-electron chi connectivity index (χ1n) is 44.5. The fraction of sp³-hybridized carbons (Fsp3) is 0.541. The van der Waals surface area contributed by atoms with Crippen molar-refractivity contribution in [1.82, 2.24) is 85.1 Å². The number of anilines is 1. The average molecular weight is 2100 g/mol. The molecule has 2 fully saturated rings. The second kappa shape index (κ2) is 55.8. The molecule has 2 bridgehead atoms. The molecule has 2 aliphatic rings. The van der Waals surface area contributed by atoms with E-state index in [1.165, 1.54) is 12.1 Å². The van der Waals surface area contributed by atoms with E-state index in [0.717, 1.165) is 64.4 Å².